The van der Waals surface area contributed by atoms with E-state index in [1.165, 1.54) is 0 Å². The standard InChI is InChI=1S/C14H15BrN2O/c1-16-8-12-4-7-14(17-9-12)18-10-11-2-5-13(15)6-3-11/h2-7,9,16H,8,10H2,1H3. The molecule has 0 aliphatic carbocycles. The Morgan fingerprint density at radius 1 is 1.11 bits per heavy atom. The van der Waals surface area contributed by atoms with Crippen molar-refractivity contribution in [3.8, 4) is 5.88 Å². The van der Waals surface area contributed by atoms with Crippen LogP contribution in [0.1, 0.15) is 11.1 Å². The quantitative estimate of drug-likeness (QED) is 0.921. The highest BCUT2D eigenvalue weighted by Gasteiger charge is 1.98. The molecule has 0 amide bonds. The van der Waals surface area contributed by atoms with Crippen molar-refractivity contribution in [3.63, 3.8) is 0 Å². The van der Waals surface area contributed by atoms with Gasteiger partial charge in [-0.1, -0.05) is 34.1 Å². The molecule has 1 heterocycles. The lowest BCUT2D eigenvalue weighted by Gasteiger charge is -2.06. The average Bonchev–Trinajstić information content (AvgIpc) is 2.40. The van der Waals surface area contributed by atoms with Gasteiger partial charge in [0.25, 0.3) is 0 Å². The molecule has 0 fully saturated rings. The van der Waals surface area contributed by atoms with Gasteiger partial charge in [-0.2, -0.15) is 0 Å². The van der Waals surface area contributed by atoms with Gasteiger partial charge in [0.05, 0.1) is 0 Å². The smallest absolute Gasteiger partial charge is 0.213 e. The Kier molecular flexibility index (Phi) is 4.73. The molecule has 0 aliphatic heterocycles. The Hall–Kier alpha value is -1.39. The summed E-state index contributed by atoms with van der Waals surface area (Å²) in [6.45, 7) is 1.35. The maximum Gasteiger partial charge on any atom is 0.213 e. The van der Waals surface area contributed by atoms with Crippen molar-refractivity contribution in [3.05, 3.63) is 58.2 Å². The minimum Gasteiger partial charge on any atom is -0.473 e. The first kappa shape index (κ1) is 13.1. The molecule has 0 saturated heterocycles. The van der Waals surface area contributed by atoms with Gasteiger partial charge in [0, 0.05) is 23.3 Å². The second kappa shape index (κ2) is 6.52. The van der Waals surface area contributed by atoms with Gasteiger partial charge in [-0.05, 0) is 30.3 Å². The summed E-state index contributed by atoms with van der Waals surface area (Å²) < 4.78 is 6.69. The molecule has 0 radical (unpaired) electrons. The summed E-state index contributed by atoms with van der Waals surface area (Å²) in [4.78, 5) is 4.26. The van der Waals surface area contributed by atoms with E-state index in [0.717, 1.165) is 22.1 Å². The van der Waals surface area contributed by atoms with E-state index in [-0.39, 0.29) is 0 Å². The SMILES string of the molecule is CNCc1ccc(OCc2ccc(Br)cc2)nc1. The molecule has 2 aromatic rings. The van der Waals surface area contributed by atoms with E-state index in [9.17, 15) is 0 Å². The van der Waals surface area contributed by atoms with E-state index in [2.05, 4.69) is 26.2 Å². The van der Waals surface area contributed by atoms with Crippen LogP contribution >= 0.6 is 15.9 Å². The second-order valence-electron chi connectivity index (χ2n) is 3.95. The van der Waals surface area contributed by atoms with Crippen LogP contribution in [0.2, 0.25) is 0 Å². The Morgan fingerprint density at radius 3 is 2.44 bits per heavy atom. The molecule has 2 rings (SSSR count). The fraction of sp³-hybridized carbons (Fsp3) is 0.214. The van der Waals surface area contributed by atoms with Crippen LogP contribution in [-0.2, 0) is 13.2 Å². The molecule has 4 heteroatoms. The Labute approximate surface area is 115 Å². The molecule has 94 valence electrons. The molecule has 1 aromatic heterocycles. The predicted molar refractivity (Wildman–Crippen MR) is 75.5 cm³/mol. The predicted octanol–water partition coefficient (Wildman–Crippen LogP) is 3.14. The van der Waals surface area contributed by atoms with Crippen LogP contribution in [0.4, 0.5) is 0 Å². The Balaban J connectivity index is 1.91. The third-order valence-corrected chi connectivity index (χ3v) is 3.01. The summed E-state index contributed by atoms with van der Waals surface area (Å²) in [7, 11) is 1.91. The summed E-state index contributed by atoms with van der Waals surface area (Å²) >= 11 is 3.41. The maximum atomic E-state index is 5.62. The molecule has 0 unspecified atom stereocenters. The van der Waals surface area contributed by atoms with Crippen molar-refractivity contribution in [2.24, 2.45) is 0 Å². The van der Waals surface area contributed by atoms with Crippen LogP contribution in [0.25, 0.3) is 0 Å². The topological polar surface area (TPSA) is 34.1 Å². The fourth-order valence-corrected chi connectivity index (χ4v) is 1.81. The Bertz CT molecular complexity index is 482. The highest BCUT2D eigenvalue weighted by molar-refractivity contribution is 9.10. The molecule has 0 bridgehead atoms. The van der Waals surface area contributed by atoms with E-state index < -0.39 is 0 Å². The highest BCUT2D eigenvalue weighted by Crippen LogP contribution is 2.13. The van der Waals surface area contributed by atoms with Crippen molar-refractivity contribution < 1.29 is 4.74 Å². The maximum absolute atomic E-state index is 5.62. The van der Waals surface area contributed by atoms with Crippen LogP contribution in [0, 0.1) is 0 Å². The van der Waals surface area contributed by atoms with Crippen LogP contribution in [-0.4, -0.2) is 12.0 Å². The largest absolute Gasteiger partial charge is 0.473 e. The summed E-state index contributed by atoms with van der Waals surface area (Å²) in [5.41, 5.74) is 2.27. The summed E-state index contributed by atoms with van der Waals surface area (Å²) in [6.07, 6.45) is 1.83. The van der Waals surface area contributed by atoms with E-state index in [1.54, 1.807) is 0 Å². The number of ether oxygens (including phenoxy) is 1. The molecule has 1 N–H and O–H groups in total. The first-order valence-corrected chi connectivity index (χ1v) is 6.54. The third kappa shape index (κ3) is 3.82. The number of pyridine rings is 1. The van der Waals surface area contributed by atoms with Crippen LogP contribution in [0.5, 0.6) is 5.88 Å². The average molecular weight is 307 g/mol. The molecule has 0 spiro atoms. The van der Waals surface area contributed by atoms with Crippen LogP contribution in [0.3, 0.4) is 0 Å². The minimum atomic E-state index is 0.533. The number of hydrogen-bond donors (Lipinski definition) is 1. The van der Waals surface area contributed by atoms with Gasteiger partial charge in [0.15, 0.2) is 0 Å². The minimum absolute atomic E-state index is 0.533. The summed E-state index contributed by atoms with van der Waals surface area (Å²) in [5.74, 6) is 0.651. The molecular weight excluding hydrogens is 292 g/mol. The summed E-state index contributed by atoms with van der Waals surface area (Å²) in [5, 5.41) is 3.08. The number of aromatic nitrogens is 1. The van der Waals surface area contributed by atoms with E-state index >= 15 is 0 Å². The monoisotopic (exact) mass is 306 g/mol. The number of hydrogen-bond acceptors (Lipinski definition) is 3. The third-order valence-electron chi connectivity index (χ3n) is 2.48. The van der Waals surface area contributed by atoms with E-state index in [0.29, 0.717) is 12.5 Å². The zero-order chi connectivity index (χ0) is 12.8. The normalized spacial score (nSPS) is 10.3. The number of benzene rings is 1. The zero-order valence-electron chi connectivity index (χ0n) is 10.2. The van der Waals surface area contributed by atoms with Crippen LogP contribution in [0.15, 0.2) is 47.1 Å². The molecule has 0 atom stereocenters. The molecule has 0 aliphatic rings. The van der Waals surface area contributed by atoms with Crippen molar-refractivity contribution in [1.29, 1.82) is 0 Å². The fourth-order valence-electron chi connectivity index (χ4n) is 1.54. The summed E-state index contributed by atoms with van der Waals surface area (Å²) in [6, 6.07) is 12.0. The molecular formula is C14H15BrN2O. The van der Waals surface area contributed by atoms with Crippen molar-refractivity contribution in [2.45, 2.75) is 13.2 Å². The van der Waals surface area contributed by atoms with Gasteiger partial charge in [-0.15, -0.1) is 0 Å². The number of nitrogens with one attached hydrogen (secondary N) is 1. The molecule has 0 saturated carbocycles. The number of rotatable bonds is 5. The highest BCUT2D eigenvalue weighted by atomic mass is 79.9. The first-order valence-electron chi connectivity index (χ1n) is 5.74. The van der Waals surface area contributed by atoms with E-state index in [4.69, 9.17) is 4.74 Å². The van der Waals surface area contributed by atoms with Gasteiger partial charge in [-0.25, -0.2) is 4.98 Å². The van der Waals surface area contributed by atoms with Crippen molar-refractivity contribution in [2.75, 3.05) is 7.05 Å². The molecule has 18 heavy (non-hydrogen) atoms. The van der Waals surface area contributed by atoms with Crippen molar-refractivity contribution in [1.82, 2.24) is 10.3 Å². The van der Waals surface area contributed by atoms with Crippen LogP contribution < -0.4 is 10.1 Å². The van der Waals surface area contributed by atoms with Gasteiger partial charge in [0.1, 0.15) is 6.61 Å². The number of nitrogens with zero attached hydrogens (tertiary/aromatic N) is 1. The first-order chi connectivity index (χ1) is 8.78. The van der Waals surface area contributed by atoms with Gasteiger partial charge in [-0.3, -0.25) is 0 Å². The molecule has 3 nitrogen and oxygen atoms in total. The van der Waals surface area contributed by atoms with Gasteiger partial charge in [0.2, 0.25) is 5.88 Å². The number of halogens is 1. The van der Waals surface area contributed by atoms with Gasteiger partial charge >= 0.3 is 0 Å². The molecule has 1 aromatic carbocycles. The lowest BCUT2D eigenvalue weighted by atomic mass is 10.2. The lowest BCUT2D eigenvalue weighted by molar-refractivity contribution is 0.293. The Morgan fingerprint density at radius 2 is 1.83 bits per heavy atom. The van der Waals surface area contributed by atoms with Crippen molar-refractivity contribution >= 4 is 15.9 Å². The lowest BCUT2D eigenvalue weighted by Crippen LogP contribution is -2.05. The van der Waals surface area contributed by atoms with E-state index in [1.807, 2.05) is 49.6 Å². The van der Waals surface area contributed by atoms with Gasteiger partial charge < -0.3 is 10.1 Å². The zero-order valence-corrected chi connectivity index (χ0v) is 11.8. The second-order valence-corrected chi connectivity index (χ2v) is 4.87.